The Kier molecular flexibility index (Phi) is 2.20. The van der Waals surface area contributed by atoms with Crippen molar-refractivity contribution in [3.05, 3.63) is 29.6 Å². The molecule has 1 aromatic carbocycles. The summed E-state index contributed by atoms with van der Waals surface area (Å²) in [4.78, 5) is 0. The smallest absolute Gasteiger partial charge is 0.207 e. The number of aryl methyl sites for hydroxylation is 1. The summed E-state index contributed by atoms with van der Waals surface area (Å²) in [5.74, 6) is -0.325. The van der Waals surface area contributed by atoms with E-state index >= 15 is 0 Å². The van der Waals surface area contributed by atoms with Crippen LogP contribution in [-0.4, -0.2) is 20.2 Å². The Morgan fingerprint density at radius 2 is 2.21 bits per heavy atom. The highest BCUT2D eigenvalue weighted by Crippen LogP contribution is 2.16. The number of thiol groups is 1. The van der Waals surface area contributed by atoms with E-state index in [4.69, 9.17) is 0 Å². The van der Waals surface area contributed by atoms with Crippen molar-refractivity contribution < 1.29 is 4.39 Å². The highest BCUT2D eigenvalue weighted by atomic mass is 32.1. The number of hydrogen-bond donors (Lipinski definition) is 1. The van der Waals surface area contributed by atoms with Crippen molar-refractivity contribution in [2.24, 2.45) is 0 Å². The van der Waals surface area contributed by atoms with Crippen LogP contribution in [0.25, 0.3) is 5.69 Å². The van der Waals surface area contributed by atoms with Gasteiger partial charge in [0.05, 0.1) is 5.69 Å². The lowest BCUT2D eigenvalue weighted by molar-refractivity contribution is 0.622. The fourth-order valence-electron chi connectivity index (χ4n) is 1.15. The molecule has 0 radical (unpaired) electrons. The number of nitrogens with zero attached hydrogens (tertiary/aromatic N) is 4. The molecule has 0 atom stereocenters. The van der Waals surface area contributed by atoms with Gasteiger partial charge >= 0.3 is 0 Å². The normalized spacial score (nSPS) is 10.5. The first-order valence-electron chi connectivity index (χ1n) is 3.92. The van der Waals surface area contributed by atoms with E-state index in [1.54, 1.807) is 6.07 Å². The minimum atomic E-state index is -0.325. The molecule has 0 aliphatic rings. The molecule has 0 fully saturated rings. The molecule has 1 heterocycles. The summed E-state index contributed by atoms with van der Waals surface area (Å²) in [6.45, 7) is 1.85. The molecule has 2 aromatic rings. The van der Waals surface area contributed by atoms with Gasteiger partial charge in [-0.25, -0.2) is 4.39 Å². The highest BCUT2D eigenvalue weighted by Gasteiger charge is 2.07. The van der Waals surface area contributed by atoms with E-state index in [1.165, 1.54) is 16.8 Å². The Morgan fingerprint density at radius 1 is 1.43 bits per heavy atom. The first kappa shape index (κ1) is 9.14. The topological polar surface area (TPSA) is 43.6 Å². The number of hydrogen-bond acceptors (Lipinski definition) is 4. The van der Waals surface area contributed by atoms with E-state index in [2.05, 4.69) is 28.2 Å². The maximum Gasteiger partial charge on any atom is 0.211 e. The van der Waals surface area contributed by atoms with Crippen molar-refractivity contribution in [1.82, 2.24) is 20.2 Å². The predicted molar refractivity (Wildman–Crippen MR) is 51.1 cm³/mol. The second-order valence-corrected chi connectivity index (χ2v) is 3.22. The highest BCUT2D eigenvalue weighted by molar-refractivity contribution is 7.80. The largest absolute Gasteiger partial charge is 0.211 e. The van der Waals surface area contributed by atoms with Gasteiger partial charge < -0.3 is 0 Å². The third-order valence-corrected chi connectivity index (χ3v) is 2.13. The standard InChI is InChI=1S/C8H7FN4S/c1-5-2-3-6(9)4-7(5)13-8(14)10-11-12-13/h2-4H,1H3,(H,10,12,14). The Hall–Kier alpha value is -1.43. The third-order valence-electron chi connectivity index (χ3n) is 1.85. The van der Waals surface area contributed by atoms with Crippen molar-refractivity contribution in [3.8, 4) is 5.69 Å². The molecular formula is C8H7FN4S. The van der Waals surface area contributed by atoms with Crippen LogP contribution < -0.4 is 0 Å². The summed E-state index contributed by atoms with van der Waals surface area (Å²) < 4.78 is 14.3. The average molecular weight is 210 g/mol. The van der Waals surface area contributed by atoms with Gasteiger partial charge in [-0.2, -0.15) is 4.68 Å². The molecule has 0 N–H and O–H groups in total. The van der Waals surface area contributed by atoms with Gasteiger partial charge in [0.15, 0.2) is 0 Å². The molecule has 0 bridgehead atoms. The molecule has 72 valence electrons. The monoisotopic (exact) mass is 210 g/mol. The number of tetrazole rings is 1. The van der Waals surface area contributed by atoms with Crippen molar-refractivity contribution >= 4 is 12.6 Å². The van der Waals surface area contributed by atoms with Crippen molar-refractivity contribution in [3.63, 3.8) is 0 Å². The molecule has 14 heavy (non-hydrogen) atoms. The second-order valence-electron chi connectivity index (χ2n) is 2.82. The van der Waals surface area contributed by atoms with E-state index in [1.807, 2.05) is 6.92 Å². The lowest BCUT2D eigenvalue weighted by Gasteiger charge is -2.04. The fourth-order valence-corrected chi connectivity index (χ4v) is 1.34. The second kappa shape index (κ2) is 3.38. The summed E-state index contributed by atoms with van der Waals surface area (Å²) in [5, 5.41) is 11.1. The van der Waals surface area contributed by atoms with Crippen molar-refractivity contribution in [2.75, 3.05) is 0 Å². The molecule has 0 aliphatic carbocycles. The van der Waals surface area contributed by atoms with Crippen LogP contribution in [0.3, 0.4) is 0 Å². The molecular weight excluding hydrogens is 203 g/mol. The van der Waals surface area contributed by atoms with Gasteiger partial charge in [-0.15, -0.1) is 17.7 Å². The number of halogens is 1. The molecule has 0 saturated carbocycles. The minimum absolute atomic E-state index is 0.325. The predicted octanol–water partition coefficient (Wildman–Crippen LogP) is 1.40. The van der Waals surface area contributed by atoms with Gasteiger partial charge in [0, 0.05) is 0 Å². The van der Waals surface area contributed by atoms with Crippen LogP contribution >= 0.6 is 12.6 Å². The summed E-state index contributed by atoms with van der Waals surface area (Å²) >= 11 is 4.05. The summed E-state index contributed by atoms with van der Waals surface area (Å²) in [6, 6.07) is 4.42. The lowest BCUT2D eigenvalue weighted by Crippen LogP contribution is -2.00. The lowest BCUT2D eigenvalue weighted by atomic mass is 10.2. The van der Waals surface area contributed by atoms with Crippen LogP contribution in [0.5, 0.6) is 0 Å². The summed E-state index contributed by atoms with van der Waals surface area (Å²) in [5.41, 5.74) is 1.48. The van der Waals surface area contributed by atoms with Gasteiger partial charge in [-0.1, -0.05) is 6.07 Å². The van der Waals surface area contributed by atoms with Gasteiger partial charge in [0.25, 0.3) is 0 Å². The summed E-state index contributed by atoms with van der Waals surface area (Å²) in [7, 11) is 0. The van der Waals surface area contributed by atoms with Gasteiger partial charge in [-0.3, -0.25) is 0 Å². The van der Waals surface area contributed by atoms with Crippen molar-refractivity contribution in [1.29, 1.82) is 0 Å². The SMILES string of the molecule is Cc1ccc(F)cc1-n1nnnc1S. The molecule has 0 saturated heterocycles. The van der Waals surface area contributed by atoms with E-state index in [0.29, 0.717) is 10.8 Å². The summed E-state index contributed by atoms with van der Waals surface area (Å²) in [6.07, 6.45) is 0. The van der Waals surface area contributed by atoms with Crippen LogP contribution in [0.15, 0.2) is 23.4 Å². The van der Waals surface area contributed by atoms with Crippen LogP contribution in [0.2, 0.25) is 0 Å². The molecule has 0 spiro atoms. The Labute approximate surface area is 85.2 Å². The van der Waals surface area contributed by atoms with E-state index in [-0.39, 0.29) is 5.82 Å². The quantitative estimate of drug-likeness (QED) is 0.723. The Morgan fingerprint density at radius 3 is 2.86 bits per heavy atom. The van der Waals surface area contributed by atoms with Gasteiger partial charge in [-0.05, 0) is 35.0 Å². The number of benzene rings is 1. The minimum Gasteiger partial charge on any atom is -0.207 e. The van der Waals surface area contributed by atoms with Crippen LogP contribution in [0.1, 0.15) is 5.56 Å². The van der Waals surface area contributed by atoms with Gasteiger partial charge in [0.2, 0.25) is 5.16 Å². The molecule has 0 aliphatic heterocycles. The van der Waals surface area contributed by atoms with E-state index in [0.717, 1.165) is 5.56 Å². The molecule has 0 amide bonds. The van der Waals surface area contributed by atoms with Gasteiger partial charge in [0.1, 0.15) is 5.82 Å². The maximum atomic E-state index is 13.0. The zero-order valence-electron chi connectivity index (χ0n) is 7.35. The molecule has 0 unspecified atom stereocenters. The van der Waals surface area contributed by atoms with Crippen LogP contribution in [0, 0.1) is 12.7 Å². The fraction of sp³-hybridized carbons (Fsp3) is 0.125. The maximum absolute atomic E-state index is 13.0. The molecule has 1 aromatic heterocycles. The number of rotatable bonds is 1. The molecule has 2 rings (SSSR count). The van der Waals surface area contributed by atoms with Crippen LogP contribution in [-0.2, 0) is 0 Å². The number of aromatic nitrogens is 4. The molecule has 4 nitrogen and oxygen atoms in total. The zero-order chi connectivity index (χ0) is 10.1. The molecule has 6 heteroatoms. The first-order valence-corrected chi connectivity index (χ1v) is 4.37. The third kappa shape index (κ3) is 1.48. The van der Waals surface area contributed by atoms with E-state index < -0.39 is 0 Å². The first-order chi connectivity index (χ1) is 6.68. The zero-order valence-corrected chi connectivity index (χ0v) is 8.24. The van der Waals surface area contributed by atoms with Crippen molar-refractivity contribution in [2.45, 2.75) is 12.1 Å². The Bertz CT molecular complexity index is 468. The van der Waals surface area contributed by atoms with Crippen LogP contribution in [0.4, 0.5) is 4.39 Å². The average Bonchev–Trinajstić information content (AvgIpc) is 2.56. The Balaban J connectivity index is 2.62. The van der Waals surface area contributed by atoms with E-state index in [9.17, 15) is 4.39 Å².